The molecule has 0 N–H and O–H groups in total. The second kappa shape index (κ2) is 7.85. The minimum Gasteiger partial charge on any atom is -0.497 e. The fourth-order valence-corrected chi connectivity index (χ4v) is 1.59. The number of nitrogens with zero attached hydrogens (tertiary/aromatic N) is 1. The molecular formula is C15H17NO4. The Labute approximate surface area is 118 Å². The Bertz CT molecular complexity index is 543. The van der Waals surface area contributed by atoms with E-state index in [1.807, 2.05) is 6.07 Å². The lowest BCUT2D eigenvalue weighted by Gasteiger charge is -2.12. The highest BCUT2D eigenvalue weighted by atomic mass is 16.6. The van der Waals surface area contributed by atoms with Crippen LogP contribution in [0, 0.1) is 11.3 Å². The molecule has 0 radical (unpaired) electrons. The van der Waals surface area contributed by atoms with Gasteiger partial charge in [-0.05, 0) is 31.6 Å². The van der Waals surface area contributed by atoms with E-state index in [-0.39, 0.29) is 6.61 Å². The summed E-state index contributed by atoms with van der Waals surface area (Å²) in [4.78, 5) is 11.3. The molecular weight excluding hydrogens is 258 g/mol. The zero-order chi connectivity index (χ0) is 15.0. The van der Waals surface area contributed by atoms with Crippen LogP contribution in [0.25, 0.3) is 5.57 Å². The molecule has 1 aromatic carbocycles. The molecule has 0 bridgehead atoms. The number of methoxy groups -OCH3 is 1. The largest absolute Gasteiger partial charge is 0.497 e. The second-order valence-electron chi connectivity index (χ2n) is 3.91. The fourth-order valence-electron chi connectivity index (χ4n) is 1.59. The van der Waals surface area contributed by atoms with Gasteiger partial charge in [-0.15, -0.1) is 0 Å². The highest BCUT2D eigenvalue weighted by Gasteiger charge is 2.10. The van der Waals surface area contributed by atoms with Crippen molar-refractivity contribution in [3.63, 3.8) is 0 Å². The van der Waals surface area contributed by atoms with Crippen LogP contribution in [0.3, 0.4) is 0 Å². The first kappa shape index (κ1) is 15.6. The molecule has 5 heteroatoms. The smallest absolute Gasteiger partial charge is 0.344 e. The third kappa shape index (κ3) is 4.32. The molecule has 0 aromatic heterocycles. The van der Waals surface area contributed by atoms with Crippen molar-refractivity contribution in [1.82, 2.24) is 0 Å². The van der Waals surface area contributed by atoms with Gasteiger partial charge in [0.05, 0.1) is 19.8 Å². The number of carbonyl (C=O) groups is 1. The van der Waals surface area contributed by atoms with Gasteiger partial charge in [-0.3, -0.25) is 0 Å². The SMILES string of the molecule is CCOC(=O)COc1cc(OC)ccc1C(C)=CC#N. The minimum atomic E-state index is -0.441. The molecule has 0 fully saturated rings. The predicted octanol–water partition coefficient (Wildman–Crippen LogP) is 2.56. The zero-order valence-corrected chi connectivity index (χ0v) is 11.8. The van der Waals surface area contributed by atoms with Crippen LogP contribution in [0.2, 0.25) is 0 Å². The number of hydrogen-bond donors (Lipinski definition) is 0. The molecule has 0 atom stereocenters. The summed E-state index contributed by atoms with van der Waals surface area (Å²) in [6, 6.07) is 7.18. The molecule has 0 saturated carbocycles. The summed E-state index contributed by atoms with van der Waals surface area (Å²) in [6.07, 6.45) is 1.42. The van der Waals surface area contributed by atoms with Crippen molar-refractivity contribution in [2.45, 2.75) is 13.8 Å². The Morgan fingerprint density at radius 2 is 2.20 bits per heavy atom. The number of nitriles is 1. The normalized spacial score (nSPS) is 10.6. The molecule has 1 aromatic rings. The number of esters is 1. The van der Waals surface area contributed by atoms with Gasteiger partial charge in [-0.25, -0.2) is 4.79 Å². The molecule has 0 aliphatic carbocycles. The zero-order valence-electron chi connectivity index (χ0n) is 11.8. The summed E-state index contributed by atoms with van der Waals surface area (Å²) in [5, 5.41) is 8.71. The summed E-state index contributed by atoms with van der Waals surface area (Å²) in [5.41, 5.74) is 1.48. The van der Waals surface area contributed by atoms with E-state index in [4.69, 9.17) is 19.5 Å². The van der Waals surface area contributed by atoms with Gasteiger partial charge in [0.15, 0.2) is 6.61 Å². The van der Waals surface area contributed by atoms with Gasteiger partial charge in [0.1, 0.15) is 11.5 Å². The van der Waals surface area contributed by atoms with Gasteiger partial charge in [0.2, 0.25) is 0 Å². The first-order valence-corrected chi connectivity index (χ1v) is 6.15. The highest BCUT2D eigenvalue weighted by molar-refractivity contribution is 5.74. The lowest BCUT2D eigenvalue weighted by atomic mass is 10.1. The molecule has 0 saturated heterocycles. The molecule has 0 amide bonds. The fraction of sp³-hybridized carbons (Fsp3) is 0.333. The summed E-state index contributed by atoms with van der Waals surface area (Å²) >= 11 is 0. The number of hydrogen-bond acceptors (Lipinski definition) is 5. The Kier molecular flexibility index (Phi) is 6.11. The van der Waals surface area contributed by atoms with Crippen LogP contribution in [-0.2, 0) is 9.53 Å². The van der Waals surface area contributed by atoms with Crippen molar-refractivity contribution in [2.75, 3.05) is 20.3 Å². The van der Waals surface area contributed by atoms with Gasteiger partial charge in [-0.2, -0.15) is 5.26 Å². The van der Waals surface area contributed by atoms with Crippen LogP contribution in [-0.4, -0.2) is 26.3 Å². The van der Waals surface area contributed by atoms with Gasteiger partial charge < -0.3 is 14.2 Å². The summed E-state index contributed by atoms with van der Waals surface area (Å²) < 4.78 is 15.4. The first-order chi connectivity index (χ1) is 9.62. The molecule has 0 heterocycles. The molecule has 1 rings (SSSR count). The van der Waals surface area contributed by atoms with Crippen LogP contribution in [0.15, 0.2) is 24.3 Å². The number of rotatable bonds is 6. The van der Waals surface area contributed by atoms with Crippen molar-refractivity contribution < 1.29 is 19.0 Å². The number of carbonyl (C=O) groups excluding carboxylic acids is 1. The maximum atomic E-state index is 11.3. The van der Waals surface area contributed by atoms with Gasteiger partial charge in [0, 0.05) is 17.7 Å². The minimum absolute atomic E-state index is 0.187. The van der Waals surface area contributed by atoms with Crippen LogP contribution in [0.5, 0.6) is 11.5 Å². The van der Waals surface area contributed by atoms with E-state index >= 15 is 0 Å². The summed E-state index contributed by atoms with van der Waals surface area (Å²) in [6.45, 7) is 3.64. The monoisotopic (exact) mass is 275 g/mol. The molecule has 0 aliphatic rings. The van der Waals surface area contributed by atoms with Crippen molar-refractivity contribution in [1.29, 1.82) is 5.26 Å². The van der Waals surface area contributed by atoms with Gasteiger partial charge >= 0.3 is 5.97 Å². The van der Waals surface area contributed by atoms with Gasteiger partial charge in [-0.1, -0.05) is 0 Å². The maximum Gasteiger partial charge on any atom is 0.344 e. The van der Waals surface area contributed by atoms with E-state index in [1.165, 1.54) is 6.08 Å². The predicted molar refractivity (Wildman–Crippen MR) is 74.4 cm³/mol. The summed E-state index contributed by atoms with van der Waals surface area (Å²) in [7, 11) is 1.54. The topological polar surface area (TPSA) is 68.6 Å². The molecule has 106 valence electrons. The maximum absolute atomic E-state index is 11.3. The van der Waals surface area contributed by atoms with E-state index in [9.17, 15) is 4.79 Å². The lowest BCUT2D eigenvalue weighted by Crippen LogP contribution is -2.15. The number of allylic oxidation sites excluding steroid dienone is 2. The van der Waals surface area contributed by atoms with Crippen LogP contribution in [0.1, 0.15) is 19.4 Å². The van der Waals surface area contributed by atoms with Crippen molar-refractivity contribution >= 4 is 11.5 Å². The third-order valence-corrected chi connectivity index (χ3v) is 2.55. The van der Waals surface area contributed by atoms with E-state index in [0.717, 1.165) is 11.1 Å². The second-order valence-corrected chi connectivity index (χ2v) is 3.91. The molecule has 0 unspecified atom stereocenters. The Hall–Kier alpha value is -2.48. The van der Waals surface area contributed by atoms with Crippen molar-refractivity contribution in [3.8, 4) is 17.6 Å². The van der Waals surface area contributed by atoms with Crippen molar-refractivity contribution in [2.24, 2.45) is 0 Å². The summed E-state index contributed by atoms with van der Waals surface area (Å²) in [5.74, 6) is 0.641. The molecule has 0 aliphatic heterocycles. The van der Waals surface area contributed by atoms with Crippen LogP contribution < -0.4 is 9.47 Å². The quantitative estimate of drug-likeness (QED) is 0.589. The number of ether oxygens (including phenoxy) is 3. The van der Waals surface area contributed by atoms with E-state index in [0.29, 0.717) is 18.1 Å². The average Bonchev–Trinajstić information content (AvgIpc) is 2.45. The molecule has 5 nitrogen and oxygen atoms in total. The van der Waals surface area contributed by atoms with Crippen LogP contribution >= 0.6 is 0 Å². The van der Waals surface area contributed by atoms with Crippen LogP contribution in [0.4, 0.5) is 0 Å². The molecule has 0 spiro atoms. The van der Waals surface area contributed by atoms with Gasteiger partial charge in [0.25, 0.3) is 0 Å². The van der Waals surface area contributed by atoms with E-state index in [1.54, 1.807) is 39.2 Å². The van der Waals surface area contributed by atoms with E-state index < -0.39 is 5.97 Å². The van der Waals surface area contributed by atoms with Crippen molar-refractivity contribution in [3.05, 3.63) is 29.8 Å². The third-order valence-electron chi connectivity index (χ3n) is 2.55. The highest BCUT2D eigenvalue weighted by Crippen LogP contribution is 2.30. The standard InChI is InChI=1S/C15H17NO4/c1-4-19-15(17)10-20-14-9-12(18-3)5-6-13(14)11(2)7-8-16/h5-7,9H,4,10H2,1-3H3. The Morgan fingerprint density at radius 3 is 2.80 bits per heavy atom. The lowest BCUT2D eigenvalue weighted by molar-refractivity contribution is -0.145. The number of benzene rings is 1. The first-order valence-electron chi connectivity index (χ1n) is 6.15. The Morgan fingerprint density at radius 1 is 1.45 bits per heavy atom. The van der Waals surface area contributed by atoms with E-state index in [2.05, 4.69) is 0 Å². The average molecular weight is 275 g/mol. The molecule has 20 heavy (non-hydrogen) atoms. The Balaban J connectivity index is 2.98.